The first-order valence-corrected chi connectivity index (χ1v) is 8.63. The molecule has 2 heterocycles. The molecule has 1 aromatic carbocycles. The van der Waals surface area contributed by atoms with E-state index >= 15 is 0 Å². The first-order valence-electron chi connectivity index (χ1n) is 7.75. The van der Waals surface area contributed by atoms with Crippen LogP contribution in [-0.4, -0.2) is 40.1 Å². The number of amides is 2. The van der Waals surface area contributed by atoms with E-state index < -0.39 is 41.1 Å². The second-order valence-corrected chi connectivity index (χ2v) is 7.09. The molecule has 2 N–H and O–H groups in total. The fourth-order valence-corrected chi connectivity index (χ4v) is 4.71. The van der Waals surface area contributed by atoms with Crippen molar-refractivity contribution in [3.8, 4) is 0 Å². The number of ether oxygens (including phenoxy) is 1. The van der Waals surface area contributed by atoms with Crippen molar-refractivity contribution in [2.75, 3.05) is 0 Å². The monoisotopic (exact) mass is 414 g/mol. The van der Waals surface area contributed by atoms with E-state index in [1.165, 1.54) is 19.1 Å². The van der Waals surface area contributed by atoms with E-state index in [0.29, 0.717) is 10.5 Å². The molecule has 0 spiro atoms. The number of hydrogen-bond donors (Lipinski definition) is 1. The first kappa shape index (κ1) is 22.1. The summed E-state index contributed by atoms with van der Waals surface area (Å²) in [5.41, 5.74) is 5.69. The van der Waals surface area contributed by atoms with Crippen LogP contribution in [0.25, 0.3) is 4.91 Å². The van der Waals surface area contributed by atoms with Crippen LogP contribution in [0.2, 0.25) is 0 Å². The van der Waals surface area contributed by atoms with Gasteiger partial charge in [0.15, 0.2) is 0 Å². The summed E-state index contributed by atoms with van der Waals surface area (Å²) < 4.78 is 5.08. The fraction of sp³-hybridized carbons (Fsp3) is 0.294. The van der Waals surface area contributed by atoms with Crippen LogP contribution < -0.4 is 62.2 Å². The van der Waals surface area contributed by atoms with Gasteiger partial charge in [-0.05, 0) is 24.6 Å². The molecular weight excluding hydrogens is 399 g/mol. The Morgan fingerprint density at radius 3 is 2.56 bits per heavy atom. The topological polar surface area (TPSA) is 130 Å². The van der Waals surface area contributed by atoms with Gasteiger partial charge in [-0.15, -0.1) is 0 Å². The molecule has 136 valence electrons. The van der Waals surface area contributed by atoms with Crippen molar-refractivity contribution in [2.24, 2.45) is 11.7 Å². The van der Waals surface area contributed by atoms with Crippen molar-refractivity contribution in [1.29, 1.82) is 0 Å². The van der Waals surface area contributed by atoms with E-state index in [2.05, 4.69) is 0 Å². The molecule has 1 aromatic rings. The molecule has 3 atom stereocenters. The van der Waals surface area contributed by atoms with Gasteiger partial charge in [-0.25, -0.2) is 0 Å². The summed E-state index contributed by atoms with van der Waals surface area (Å²) in [4.78, 5) is 48.1. The minimum absolute atomic E-state index is 0. The van der Waals surface area contributed by atoms with Crippen molar-refractivity contribution in [1.82, 2.24) is 4.90 Å². The number of β-lactam (4-membered cyclic amide) rings is 1. The Morgan fingerprint density at radius 1 is 1.33 bits per heavy atom. The normalized spacial score (nSPS) is 21.7. The quantitative estimate of drug-likeness (QED) is 0.303. The predicted octanol–water partition coefficient (Wildman–Crippen LogP) is -3.31. The molecule has 8 nitrogen and oxygen atoms in total. The molecule has 27 heavy (non-hydrogen) atoms. The molecule has 0 bridgehead atoms. The number of benzene rings is 1. The summed E-state index contributed by atoms with van der Waals surface area (Å²) >= 11 is 1.16. The Hall–Kier alpha value is -1.17. The summed E-state index contributed by atoms with van der Waals surface area (Å²) in [6.45, 7) is 2.83. The van der Waals surface area contributed by atoms with E-state index in [0.717, 1.165) is 16.7 Å². The van der Waals surface area contributed by atoms with Gasteiger partial charge in [-0.1, -0.05) is 23.9 Å². The number of esters is 1. The molecular formula is C17H15KN2O6S. The van der Waals surface area contributed by atoms with Gasteiger partial charge in [0.2, 0.25) is 11.8 Å². The van der Waals surface area contributed by atoms with E-state index in [1.54, 1.807) is 19.1 Å². The van der Waals surface area contributed by atoms with Crippen LogP contribution in [0, 0.1) is 5.92 Å². The van der Waals surface area contributed by atoms with Crippen molar-refractivity contribution in [3.63, 3.8) is 0 Å². The second kappa shape index (κ2) is 8.46. The average molecular weight is 414 g/mol. The Balaban J connectivity index is 0.00000261. The van der Waals surface area contributed by atoms with E-state index in [1.807, 2.05) is 0 Å². The van der Waals surface area contributed by atoms with Crippen LogP contribution >= 0.6 is 11.8 Å². The SMILES string of the molecule is CC(=O)O[C@H](C)[C@H]1C(=O)N2C(C(=O)[O-])=C(c3cccc(C(N)=O)c3)S[C@H]12.[K+]. The first-order chi connectivity index (χ1) is 12.2. The number of fused-ring (bicyclic) bond motifs is 1. The third-order valence-electron chi connectivity index (χ3n) is 4.24. The predicted molar refractivity (Wildman–Crippen MR) is 89.8 cm³/mol. The molecule has 0 aliphatic carbocycles. The zero-order valence-electron chi connectivity index (χ0n) is 14.9. The number of nitrogens with zero attached hydrogens (tertiary/aromatic N) is 1. The van der Waals surface area contributed by atoms with Crippen LogP contribution in [0.3, 0.4) is 0 Å². The van der Waals surface area contributed by atoms with Gasteiger partial charge < -0.3 is 20.4 Å². The van der Waals surface area contributed by atoms with Crippen molar-refractivity contribution >= 4 is 40.4 Å². The molecule has 1 fully saturated rings. The number of nitrogens with two attached hydrogens (primary N) is 1. The van der Waals surface area contributed by atoms with E-state index in [9.17, 15) is 24.3 Å². The summed E-state index contributed by atoms with van der Waals surface area (Å²) in [6.07, 6.45) is -0.687. The van der Waals surface area contributed by atoms with Crippen LogP contribution in [0.4, 0.5) is 0 Å². The number of carboxylic acids is 1. The summed E-state index contributed by atoms with van der Waals surface area (Å²) in [5.74, 6) is -3.77. The third kappa shape index (κ3) is 4.01. The number of rotatable bonds is 5. The minimum atomic E-state index is -1.49. The van der Waals surface area contributed by atoms with E-state index in [4.69, 9.17) is 10.5 Å². The van der Waals surface area contributed by atoms with Gasteiger partial charge in [0.25, 0.3) is 0 Å². The van der Waals surface area contributed by atoms with Crippen LogP contribution in [0.15, 0.2) is 30.0 Å². The van der Waals surface area contributed by atoms with Crippen molar-refractivity contribution in [2.45, 2.75) is 25.3 Å². The molecule has 0 saturated carbocycles. The summed E-state index contributed by atoms with van der Waals surface area (Å²) in [7, 11) is 0. The van der Waals surface area contributed by atoms with E-state index in [-0.39, 0.29) is 62.6 Å². The molecule has 0 unspecified atom stereocenters. The molecule has 2 aliphatic heterocycles. The minimum Gasteiger partial charge on any atom is -0.543 e. The number of thioether (sulfide) groups is 1. The second-order valence-electron chi connectivity index (χ2n) is 5.97. The number of hydrogen-bond acceptors (Lipinski definition) is 7. The standard InChI is InChI=1S/C17H16N2O6S.K/c1-7(25-8(2)20)11-15(22)19-12(17(23)24)13(26-16(11)19)9-4-3-5-10(6-9)14(18)21;/h3-7,11,16H,1-2H3,(H2,18,21)(H,23,24);/q;+1/p-1/t7-,11+,16-;/m1./s1. The smallest absolute Gasteiger partial charge is 0.543 e. The number of carbonyl (C=O) groups is 4. The average Bonchev–Trinajstić information content (AvgIpc) is 2.89. The van der Waals surface area contributed by atoms with Crippen molar-refractivity contribution < 1.29 is 80.4 Å². The molecule has 1 saturated heterocycles. The Bertz CT molecular complexity index is 871. The van der Waals surface area contributed by atoms with Gasteiger partial charge in [0, 0.05) is 17.4 Å². The number of carbonyl (C=O) groups excluding carboxylic acids is 4. The molecule has 2 amide bonds. The zero-order valence-corrected chi connectivity index (χ0v) is 18.9. The molecule has 3 rings (SSSR count). The maximum atomic E-state index is 12.5. The van der Waals surface area contributed by atoms with Gasteiger partial charge in [0.1, 0.15) is 17.4 Å². The van der Waals surface area contributed by atoms with Crippen LogP contribution in [0.5, 0.6) is 0 Å². The maximum absolute atomic E-state index is 12.5. The summed E-state index contributed by atoms with van der Waals surface area (Å²) in [5, 5.41) is 11.1. The number of aliphatic carboxylic acids is 1. The van der Waals surface area contributed by atoms with Gasteiger partial charge >= 0.3 is 57.4 Å². The van der Waals surface area contributed by atoms with Crippen LogP contribution in [-0.2, 0) is 19.1 Å². The molecule has 0 radical (unpaired) electrons. The maximum Gasteiger partial charge on any atom is 1.00 e. The Kier molecular flexibility index (Phi) is 6.93. The zero-order chi connectivity index (χ0) is 19.2. The van der Waals surface area contributed by atoms with Gasteiger partial charge in [-0.3, -0.25) is 19.3 Å². The molecule has 10 heteroatoms. The van der Waals surface area contributed by atoms with Gasteiger partial charge in [0.05, 0.1) is 11.7 Å². The third-order valence-corrected chi connectivity index (χ3v) is 5.65. The Labute approximate surface area is 201 Å². The molecule has 2 aliphatic rings. The van der Waals surface area contributed by atoms with Gasteiger partial charge in [-0.2, -0.15) is 0 Å². The number of carboxylic acid groups (broad SMARTS) is 1. The number of primary amides is 1. The fourth-order valence-electron chi connectivity index (χ4n) is 3.11. The summed E-state index contributed by atoms with van der Waals surface area (Å²) in [6, 6.07) is 6.18. The molecule has 0 aromatic heterocycles. The Morgan fingerprint density at radius 2 is 2.00 bits per heavy atom. The van der Waals surface area contributed by atoms with Crippen LogP contribution in [0.1, 0.15) is 29.8 Å². The largest absolute Gasteiger partial charge is 1.00 e. The van der Waals surface area contributed by atoms with Crippen molar-refractivity contribution in [3.05, 3.63) is 41.1 Å².